The van der Waals surface area contributed by atoms with Crippen molar-refractivity contribution >= 4 is 16.3 Å². The first-order valence-electron chi connectivity index (χ1n) is 4.59. The highest BCUT2D eigenvalue weighted by atomic mass is 32.2. The summed E-state index contributed by atoms with van der Waals surface area (Å²) < 4.78 is 97.7. The standard InChI is InChI=1S/C9H5F6NO3S/c10-8(11,12)5-1-2-6(20(16,18)19)4(3-17)7(5)9(13,14)15/h1-3H,(H2,16,18,19). The SMILES string of the molecule is NS(=O)(=O)c1ccc(C(F)(F)F)c(C(F)(F)F)c1C=O. The summed E-state index contributed by atoms with van der Waals surface area (Å²) in [4.78, 5) is 9.31. The number of carbonyl (C=O) groups is 1. The van der Waals surface area contributed by atoms with Crippen molar-refractivity contribution in [3.63, 3.8) is 0 Å². The first-order valence-corrected chi connectivity index (χ1v) is 6.14. The van der Waals surface area contributed by atoms with E-state index in [-0.39, 0.29) is 12.1 Å². The molecule has 112 valence electrons. The first-order chi connectivity index (χ1) is 8.80. The molecule has 0 aromatic heterocycles. The van der Waals surface area contributed by atoms with Gasteiger partial charge >= 0.3 is 12.4 Å². The number of nitrogens with two attached hydrogens (primary N) is 1. The maximum Gasteiger partial charge on any atom is 0.417 e. The van der Waals surface area contributed by atoms with Crippen molar-refractivity contribution < 1.29 is 39.6 Å². The van der Waals surface area contributed by atoms with E-state index in [2.05, 4.69) is 5.14 Å². The van der Waals surface area contributed by atoms with Gasteiger partial charge in [-0.3, -0.25) is 4.79 Å². The Morgan fingerprint density at radius 3 is 1.80 bits per heavy atom. The average molecular weight is 321 g/mol. The van der Waals surface area contributed by atoms with Crippen molar-refractivity contribution in [2.75, 3.05) is 0 Å². The highest BCUT2D eigenvalue weighted by molar-refractivity contribution is 7.89. The van der Waals surface area contributed by atoms with Crippen LogP contribution in [0.5, 0.6) is 0 Å². The Bertz CT molecular complexity index is 647. The molecule has 0 heterocycles. The fourth-order valence-electron chi connectivity index (χ4n) is 1.51. The lowest BCUT2D eigenvalue weighted by atomic mass is 10.0. The van der Waals surface area contributed by atoms with E-state index in [9.17, 15) is 39.6 Å². The van der Waals surface area contributed by atoms with Crippen molar-refractivity contribution in [2.24, 2.45) is 5.14 Å². The Morgan fingerprint density at radius 1 is 1.00 bits per heavy atom. The third kappa shape index (κ3) is 3.10. The van der Waals surface area contributed by atoms with Crippen molar-refractivity contribution in [2.45, 2.75) is 17.2 Å². The molecule has 0 amide bonds. The van der Waals surface area contributed by atoms with Crippen LogP contribution in [0.15, 0.2) is 17.0 Å². The minimum atomic E-state index is -5.58. The van der Waals surface area contributed by atoms with E-state index in [1.54, 1.807) is 0 Å². The van der Waals surface area contributed by atoms with Crippen LogP contribution in [0.3, 0.4) is 0 Å². The normalized spacial score (nSPS) is 13.3. The number of benzene rings is 1. The molecule has 4 nitrogen and oxygen atoms in total. The van der Waals surface area contributed by atoms with Crippen LogP contribution in [0.1, 0.15) is 21.5 Å². The van der Waals surface area contributed by atoms with Crippen LogP contribution < -0.4 is 5.14 Å². The van der Waals surface area contributed by atoms with Crippen molar-refractivity contribution in [3.05, 3.63) is 28.8 Å². The molecule has 11 heteroatoms. The quantitative estimate of drug-likeness (QED) is 0.670. The third-order valence-corrected chi connectivity index (χ3v) is 3.19. The predicted molar refractivity (Wildman–Crippen MR) is 53.2 cm³/mol. The summed E-state index contributed by atoms with van der Waals surface area (Å²) >= 11 is 0. The molecule has 20 heavy (non-hydrogen) atoms. The van der Waals surface area contributed by atoms with Gasteiger partial charge in [-0.25, -0.2) is 13.6 Å². The number of aldehydes is 1. The molecule has 1 aromatic carbocycles. The van der Waals surface area contributed by atoms with E-state index in [1.165, 1.54) is 0 Å². The Hall–Kier alpha value is -1.62. The second-order valence-corrected chi connectivity index (χ2v) is 5.09. The Kier molecular flexibility index (Phi) is 3.89. The van der Waals surface area contributed by atoms with Crippen molar-refractivity contribution in [1.29, 1.82) is 0 Å². The summed E-state index contributed by atoms with van der Waals surface area (Å²) in [5.41, 5.74) is -6.22. The second kappa shape index (κ2) is 4.74. The van der Waals surface area contributed by atoms with Gasteiger partial charge in [-0.15, -0.1) is 0 Å². The monoisotopic (exact) mass is 321 g/mol. The number of sulfonamides is 1. The summed E-state index contributed by atoms with van der Waals surface area (Å²) in [5, 5.41) is 4.57. The Balaban J connectivity index is 3.94. The maximum atomic E-state index is 12.7. The van der Waals surface area contributed by atoms with Crippen LogP contribution in [-0.2, 0) is 22.4 Å². The lowest BCUT2D eigenvalue weighted by Gasteiger charge is -2.18. The van der Waals surface area contributed by atoms with Gasteiger partial charge < -0.3 is 0 Å². The van der Waals surface area contributed by atoms with Crippen LogP contribution in [0, 0.1) is 0 Å². The Labute approximate surface area is 108 Å². The van der Waals surface area contributed by atoms with Gasteiger partial charge in [0.2, 0.25) is 10.0 Å². The number of primary sulfonamides is 1. The summed E-state index contributed by atoms with van der Waals surface area (Å²) in [6, 6.07) is 0.118. The van der Waals surface area contributed by atoms with Crippen LogP contribution >= 0.6 is 0 Å². The fourth-order valence-corrected chi connectivity index (χ4v) is 2.22. The van der Waals surface area contributed by atoms with Crippen LogP contribution in [-0.4, -0.2) is 14.7 Å². The molecule has 0 spiro atoms. The first kappa shape index (κ1) is 16.4. The van der Waals surface area contributed by atoms with E-state index in [4.69, 9.17) is 0 Å². The summed E-state index contributed by atoms with van der Waals surface area (Å²) in [7, 11) is -4.79. The molecule has 0 aliphatic heterocycles. The van der Waals surface area contributed by atoms with Gasteiger partial charge in [0.25, 0.3) is 0 Å². The number of hydrogen-bond acceptors (Lipinski definition) is 3. The van der Waals surface area contributed by atoms with Crippen LogP contribution in [0.25, 0.3) is 0 Å². The number of halogens is 6. The molecular formula is C9H5F6NO3S. The van der Waals surface area contributed by atoms with Gasteiger partial charge in [0.1, 0.15) is 0 Å². The molecule has 0 saturated heterocycles. The molecule has 0 aliphatic carbocycles. The zero-order valence-electron chi connectivity index (χ0n) is 9.21. The summed E-state index contributed by atoms with van der Waals surface area (Å²) in [6.45, 7) is 0. The van der Waals surface area contributed by atoms with E-state index in [0.717, 1.165) is 0 Å². The van der Waals surface area contributed by atoms with Crippen molar-refractivity contribution in [3.8, 4) is 0 Å². The molecule has 1 rings (SSSR count). The fraction of sp³-hybridized carbons (Fsp3) is 0.222. The molecule has 0 bridgehead atoms. The summed E-state index contributed by atoms with van der Waals surface area (Å²) in [6.07, 6.45) is -11.6. The molecule has 1 aromatic rings. The average Bonchev–Trinajstić information content (AvgIpc) is 2.23. The van der Waals surface area contributed by atoms with Crippen molar-refractivity contribution in [1.82, 2.24) is 0 Å². The molecule has 0 aliphatic rings. The minimum absolute atomic E-state index is 0.0877. The molecule has 0 saturated carbocycles. The predicted octanol–water partition coefficient (Wildman–Crippen LogP) is 2.18. The molecular weight excluding hydrogens is 316 g/mol. The zero-order valence-corrected chi connectivity index (χ0v) is 10.0. The lowest BCUT2D eigenvalue weighted by Crippen LogP contribution is -2.23. The lowest BCUT2D eigenvalue weighted by molar-refractivity contribution is -0.162. The highest BCUT2D eigenvalue weighted by Crippen LogP contribution is 2.43. The minimum Gasteiger partial charge on any atom is -0.298 e. The van der Waals surface area contributed by atoms with E-state index >= 15 is 0 Å². The topological polar surface area (TPSA) is 77.2 Å². The van der Waals surface area contributed by atoms with E-state index in [0.29, 0.717) is 0 Å². The maximum absolute atomic E-state index is 12.7. The van der Waals surface area contributed by atoms with E-state index < -0.39 is 50.2 Å². The van der Waals surface area contributed by atoms with Crippen LogP contribution in [0.2, 0.25) is 0 Å². The van der Waals surface area contributed by atoms with E-state index in [1.807, 2.05) is 0 Å². The van der Waals surface area contributed by atoms with Gasteiger partial charge in [-0.2, -0.15) is 26.3 Å². The largest absolute Gasteiger partial charge is 0.417 e. The molecule has 2 N–H and O–H groups in total. The van der Waals surface area contributed by atoms with Gasteiger partial charge in [0.15, 0.2) is 6.29 Å². The number of carbonyl (C=O) groups excluding carboxylic acids is 1. The number of hydrogen-bond donors (Lipinski definition) is 1. The van der Waals surface area contributed by atoms with Crippen LogP contribution in [0.4, 0.5) is 26.3 Å². The third-order valence-electron chi connectivity index (χ3n) is 2.22. The molecule has 0 fully saturated rings. The highest BCUT2D eigenvalue weighted by Gasteiger charge is 2.46. The van der Waals surface area contributed by atoms with Gasteiger partial charge in [0, 0.05) is 5.56 Å². The number of alkyl halides is 6. The smallest absolute Gasteiger partial charge is 0.298 e. The molecule has 0 radical (unpaired) electrons. The molecule has 0 unspecified atom stereocenters. The number of rotatable bonds is 2. The van der Waals surface area contributed by atoms with Gasteiger partial charge in [-0.05, 0) is 12.1 Å². The van der Waals surface area contributed by atoms with Gasteiger partial charge in [0.05, 0.1) is 16.0 Å². The Morgan fingerprint density at radius 2 is 1.50 bits per heavy atom. The van der Waals surface area contributed by atoms with Gasteiger partial charge in [-0.1, -0.05) is 0 Å². The second-order valence-electron chi connectivity index (χ2n) is 3.56. The zero-order chi connectivity index (χ0) is 15.9. The summed E-state index contributed by atoms with van der Waals surface area (Å²) in [5.74, 6) is 0. The molecule has 0 atom stereocenters.